The maximum absolute atomic E-state index is 11.9. The van der Waals surface area contributed by atoms with Gasteiger partial charge in [0.05, 0.1) is 6.61 Å². The molecule has 0 saturated heterocycles. The lowest BCUT2D eigenvalue weighted by Crippen LogP contribution is -2.37. The van der Waals surface area contributed by atoms with E-state index in [1.54, 1.807) is 31.2 Å². The van der Waals surface area contributed by atoms with Crippen LogP contribution in [0.2, 0.25) is 0 Å². The monoisotopic (exact) mass is 305 g/mol. The number of hydrogen-bond acceptors (Lipinski definition) is 6. The number of benzene rings is 1. The maximum Gasteiger partial charge on any atom is 0.325 e. The van der Waals surface area contributed by atoms with Crippen LogP contribution in [0.3, 0.4) is 0 Å². The molecule has 1 heterocycles. The second-order valence-corrected chi connectivity index (χ2v) is 4.53. The van der Waals surface area contributed by atoms with Gasteiger partial charge in [-0.25, -0.2) is 0 Å². The number of rotatable bonds is 5. The van der Waals surface area contributed by atoms with Gasteiger partial charge in [0, 0.05) is 20.8 Å². The van der Waals surface area contributed by atoms with E-state index in [9.17, 15) is 14.5 Å². The van der Waals surface area contributed by atoms with Crippen molar-refractivity contribution in [1.82, 2.24) is 10.6 Å². The molecule has 1 aromatic carbocycles. The number of amides is 1. The van der Waals surface area contributed by atoms with Gasteiger partial charge in [-0.2, -0.15) is 4.99 Å². The molecular weight excluding hydrogens is 288 g/mol. The largest absolute Gasteiger partial charge is 0.465 e. The van der Waals surface area contributed by atoms with E-state index in [2.05, 4.69) is 15.6 Å². The van der Waals surface area contributed by atoms with Crippen LogP contribution in [0.4, 0.5) is 0 Å². The predicted octanol–water partition coefficient (Wildman–Crippen LogP) is 0.0232. The number of nitrogens with one attached hydrogen (secondary N) is 2. The summed E-state index contributed by atoms with van der Waals surface area (Å²) in [7, 11) is 0. The normalized spacial score (nSPS) is 13.9. The first-order valence-electron chi connectivity index (χ1n) is 6.85. The molecule has 1 aromatic rings. The van der Waals surface area contributed by atoms with Gasteiger partial charge in [-0.15, -0.1) is 0 Å². The highest BCUT2D eigenvalue weighted by atomic mass is 16.5. The second-order valence-electron chi connectivity index (χ2n) is 4.53. The molecule has 0 spiro atoms. The molecule has 2 rings (SSSR count). The summed E-state index contributed by atoms with van der Waals surface area (Å²) in [6.07, 6.45) is 0. The van der Waals surface area contributed by atoms with Crippen LogP contribution in [-0.4, -0.2) is 49.0 Å². The molecule has 1 aliphatic heterocycles. The van der Waals surface area contributed by atoms with E-state index in [1.807, 2.05) is 0 Å². The molecule has 8 nitrogen and oxygen atoms in total. The van der Waals surface area contributed by atoms with E-state index in [0.29, 0.717) is 11.4 Å². The minimum atomic E-state index is -0.476. The molecule has 0 aliphatic carbocycles. The van der Waals surface area contributed by atoms with E-state index in [-0.39, 0.29) is 32.4 Å². The highest BCUT2D eigenvalue weighted by Crippen LogP contribution is 2.06. The van der Waals surface area contributed by atoms with Gasteiger partial charge in [0.2, 0.25) is 0 Å². The number of nitroso groups, excluding NO2 is 1. The lowest BCUT2D eigenvalue weighted by atomic mass is 10.1. The van der Waals surface area contributed by atoms with Gasteiger partial charge in [0.1, 0.15) is 12.4 Å². The van der Waals surface area contributed by atoms with Crippen molar-refractivity contribution in [2.45, 2.75) is 6.92 Å². The Hall–Kier alpha value is -2.77. The summed E-state index contributed by atoms with van der Waals surface area (Å²) < 4.78 is 5.52. The molecule has 1 aliphatic rings. The van der Waals surface area contributed by atoms with Crippen molar-refractivity contribution in [3.63, 3.8) is 0 Å². The number of amidine groups is 1. The molecule has 1 amide bonds. The van der Waals surface area contributed by atoms with Gasteiger partial charge in [-0.3, -0.25) is 9.59 Å². The first-order chi connectivity index (χ1) is 10.6. The van der Waals surface area contributed by atoms with E-state index in [0.717, 1.165) is 10.3 Å². The molecule has 0 bridgehead atoms. The Bertz CT molecular complexity index is 610. The summed E-state index contributed by atoms with van der Waals surface area (Å²) in [6.45, 7) is 2.08. The van der Waals surface area contributed by atoms with Crippen LogP contribution >= 0.6 is 0 Å². The molecule has 116 valence electrons. The van der Waals surface area contributed by atoms with Crippen molar-refractivity contribution in [3.8, 4) is 0 Å². The summed E-state index contributed by atoms with van der Waals surface area (Å²) in [4.78, 5) is 38.2. The number of ether oxygens (including phenoxy) is 1. The lowest BCUT2D eigenvalue weighted by molar-refractivity contribution is -0.552. The summed E-state index contributed by atoms with van der Waals surface area (Å²) in [5.41, 5.74) is 1.21. The van der Waals surface area contributed by atoms with E-state index >= 15 is 0 Å². The molecule has 0 atom stereocenters. The Balaban J connectivity index is 1.95. The molecule has 0 fully saturated rings. The maximum atomic E-state index is 11.9. The van der Waals surface area contributed by atoms with Crippen LogP contribution in [0, 0.1) is 4.91 Å². The SMILES string of the molecule is CCOC(=O)CNC(=O)c1ccc(C2=NC[N+](=O)CN2)cc1. The smallest absolute Gasteiger partial charge is 0.325 e. The highest BCUT2D eigenvalue weighted by molar-refractivity contribution is 6.01. The van der Waals surface area contributed by atoms with Gasteiger partial charge in [-0.1, -0.05) is 12.1 Å². The van der Waals surface area contributed by atoms with Crippen LogP contribution < -0.4 is 10.6 Å². The van der Waals surface area contributed by atoms with E-state index in [1.165, 1.54) is 0 Å². The summed E-state index contributed by atoms with van der Waals surface area (Å²) in [5, 5.41) is 5.37. The lowest BCUT2D eigenvalue weighted by Gasteiger charge is -2.10. The second kappa shape index (κ2) is 7.30. The van der Waals surface area contributed by atoms with E-state index < -0.39 is 5.97 Å². The average molecular weight is 305 g/mol. The molecule has 0 aromatic heterocycles. The van der Waals surface area contributed by atoms with Crippen molar-refractivity contribution < 1.29 is 19.1 Å². The predicted molar refractivity (Wildman–Crippen MR) is 78.4 cm³/mol. The fourth-order valence-electron chi connectivity index (χ4n) is 1.86. The van der Waals surface area contributed by atoms with Crippen molar-refractivity contribution >= 4 is 17.7 Å². The molecule has 2 N–H and O–H groups in total. The number of aliphatic imine (C=N–C) groups is 1. The molecule has 22 heavy (non-hydrogen) atoms. The van der Waals surface area contributed by atoms with Gasteiger partial charge in [-0.05, 0) is 19.1 Å². The Morgan fingerprint density at radius 1 is 1.36 bits per heavy atom. The zero-order valence-corrected chi connectivity index (χ0v) is 12.2. The van der Waals surface area contributed by atoms with Crippen LogP contribution in [0.1, 0.15) is 22.8 Å². The average Bonchev–Trinajstić information content (AvgIpc) is 2.54. The van der Waals surface area contributed by atoms with Crippen molar-refractivity contribution in [2.75, 3.05) is 26.5 Å². The standard InChI is InChI=1S/C14H16N4O4/c1-2-22-12(19)7-15-14(20)11-5-3-10(4-6-11)13-16-8-18(21)9-17-13/h3-6H,2,7-9H2,1H3,(H-,15,16,17,20)/p+1. The fraction of sp³-hybridized carbons (Fsp3) is 0.357. The van der Waals surface area contributed by atoms with Gasteiger partial charge in [0.15, 0.2) is 0 Å². The summed E-state index contributed by atoms with van der Waals surface area (Å²) in [5.74, 6) is -0.218. The van der Waals surface area contributed by atoms with Gasteiger partial charge < -0.3 is 15.4 Å². The molecule has 8 heteroatoms. The number of carbonyl (C=O) groups excluding carboxylic acids is 2. The third-order valence-electron chi connectivity index (χ3n) is 2.93. The number of nitrogens with zero attached hydrogens (tertiary/aromatic N) is 2. The Morgan fingerprint density at radius 2 is 2.09 bits per heavy atom. The number of hydrogen-bond donors (Lipinski definition) is 2. The number of carbonyl (C=O) groups is 2. The third-order valence-corrected chi connectivity index (χ3v) is 2.93. The Kier molecular flexibility index (Phi) is 5.18. The van der Waals surface area contributed by atoms with Gasteiger partial charge in [0.25, 0.3) is 19.2 Å². The first kappa shape index (κ1) is 15.6. The summed E-state index contributed by atoms with van der Waals surface area (Å²) >= 11 is 0. The van der Waals surface area contributed by atoms with Crippen LogP contribution in [-0.2, 0) is 9.53 Å². The quantitative estimate of drug-likeness (QED) is 0.590. The fourth-order valence-corrected chi connectivity index (χ4v) is 1.86. The Morgan fingerprint density at radius 3 is 2.68 bits per heavy atom. The first-order valence-corrected chi connectivity index (χ1v) is 6.85. The third kappa shape index (κ3) is 4.11. The van der Waals surface area contributed by atoms with Crippen LogP contribution in [0.25, 0.3) is 0 Å². The van der Waals surface area contributed by atoms with E-state index in [4.69, 9.17) is 4.74 Å². The molecular formula is C14H17N4O4+. The minimum absolute atomic E-state index is 0.0874. The molecule has 0 saturated carbocycles. The molecule has 0 radical (unpaired) electrons. The Labute approximate surface area is 127 Å². The van der Waals surface area contributed by atoms with Crippen LogP contribution in [0.5, 0.6) is 0 Å². The van der Waals surface area contributed by atoms with Crippen molar-refractivity contribution in [3.05, 3.63) is 40.3 Å². The van der Waals surface area contributed by atoms with Crippen LogP contribution in [0.15, 0.2) is 29.3 Å². The van der Waals surface area contributed by atoms with Crippen molar-refractivity contribution in [2.24, 2.45) is 4.99 Å². The zero-order valence-electron chi connectivity index (χ0n) is 12.2. The van der Waals surface area contributed by atoms with Crippen molar-refractivity contribution in [1.29, 1.82) is 0 Å². The highest BCUT2D eigenvalue weighted by Gasteiger charge is 2.17. The molecule has 0 unspecified atom stereocenters. The van der Waals surface area contributed by atoms with Gasteiger partial charge >= 0.3 is 5.97 Å². The minimum Gasteiger partial charge on any atom is -0.465 e. The topological polar surface area (TPSA) is 99.9 Å². The summed E-state index contributed by atoms with van der Waals surface area (Å²) in [6, 6.07) is 6.71. The number of esters is 1. The zero-order chi connectivity index (χ0) is 15.9.